The third-order valence-corrected chi connectivity index (χ3v) is 13.2. The molecule has 0 bridgehead atoms. The molecule has 42 heavy (non-hydrogen) atoms. The smallest absolute Gasteiger partial charge is 0.135 e. The Labute approximate surface area is 253 Å². The molecule has 0 spiro atoms. The van der Waals surface area contributed by atoms with Crippen LogP contribution in [0.3, 0.4) is 0 Å². The van der Waals surface area contributed by atoms with Crippen molar-refractivity contribution in [3.8, 4) is 22.6 Å². The van der Waals surface area contributed by atoms with Gasteiger partial charge in [-0.25, -0.2) is 0 Å². The Kier molecular flexibility index (Phi) is 8.05. The molecule has 0 radical (unpaired) electrons. The van der Waals surface area contributed by atoms with Crippen molar-refractivity contribution in [2.75, 3.05) is 0 Å². The Bertz CT molecular complexity index is 1670. The third-order valence-electron chi connectivity index (χ3n) is 9.69. The highest BCUT2D eigenvalue weighted by atomic mass is 31.1. The van der Waals surface area contributed by atoms with Gasteiger partial charge in [-0.1, -0.05) is 119 Å². The highest BCUT2D eigenvalue weighted by Crippen LogP contribution is 2.57. The molecule has 2 aliphatic carbocycles. The summed E-state index contributed by atoms with van der Waals surface area (Å²) in [5.74, 6) is 1.89. The van der Waals surface area contributed by atoms with Crippen LogP contribution in [0.5, 0.6) is 11.5 Å². The predicted molar refractivity (Wildman–Crippen MR) is 183 cm³/mol. The predicted octanol–water partition coefficient (Wildman–Crippen LogP) is 11.8. The zero-order chi connectivity index (χ0) is 28.5. The maximum atomic E-state index is 6.92. The van der Waals surface area contributed by atoms with Crippen molar-refractivity contribution in [3.63, 3.8) is 0 Å². The van der Waals surface area contributed by atoms with Crippen LogP contribution >= 0.6 is 7.92 Å². The largest absolute Gasteiger partial charge is 0.457 e. The van der Waals surface area contributed by atoms with Crippen LogP contribution in [-0.4, -0.2) is 11.3 Å². The molecule has 5 aromatic carbocycles. The zero-order valence-corrected chi connectivity index (χ0v) is 26.1. The van der Waals surface area contributed by atoms with Gasteiger partial charge >= 0.3 is 0 Å². The van der Waals surface area contributed by atoms with Crippen LogP contribution in [0.2, 0.25) is 0 Å². The van der Waals surface area contributed by atoms with E-state index >= 15 is 0 Å². The summed E-state index contributed by atoms with van der Waals surface area (Å²) in [6.07, 6.45) is 14.0. The third kappa shape index (κ3) is 5.49. The lowest BCUT2D eigenvalue weighted by atomic mass is 9.93. The Balaban J connectivity index is 1.51. The van der Waals surface area contributed by atoms with Crippen molar-refractivity contribution in [1.82, 2.24) is 0 Å². The number of ether oxygens (including phenoxy) is 1. The lowest BCUT2D eigenvalue weighted by Crippen LogP contribution is -2.27. The molecule has 2 saturated carbocycles. The highest BCUT2D eigenvalue weighted by molar-refractivity contribution is 7.67. The first kappa shape index (κ1) is 27.7. The number of hydrogen-bond acceptors (Lipinski definition) is 1. The zero-order valence-electron chi connectivity index (χ0n) is 25.2. The van der Waals surface area contributed by atoms with Gasteiger partial charge in [-0.15, -0.1) is 0 Å². The lowest BCUT2D eigenvalue weighted by molar-refractivity contribution is 0.484. The number of benzene rings is 5. The molecule has 7 rings (SSSR count). The van der Waals surface area contributed by atoms with Gasteiger partial charge in [0.1, 0.15) is 11.5 Å². The molecule has 0 atom stereocenters. The molecule has 0 amide bonds. The normalized spacial score (nSPS) is 16.8. The van der Waals surface area contributed by atoms with Crippen LogP contribution in [0.4, 0.5) is 0 Å². The Morgan fingerprint density at radius 2 is 1.07 bits per heavy atom. The van der Waals surface area contributed by atoms with Gasteiger partial charge in [0.2, 0.25) is 0 Å². The fourth-order valence-corrected chi connectivity index (χ4v) is 11.8. The minimum Gasteiger partial charge on any atom is -0.457 e. The summed E-state index contributed by atoms with van der Waals surface area (Å²) >= 11 is 0. The highest BCUT2D eigenvalue weighted by Gasteiger charge is 2.35. The average molecular weight is 571 g/mol. The minimum atomic E-state index is -0.303. The van der Waals surface area contributed by atoms with Crippen LogP contribution in [0.1, 0.15) is 75.3 Å². The molecular weight excluding hydrogens is 527 g/mol. The van der Waals surface area contributed by atoms with E-state index in [-0.39, 0.29) is 7.92 Å². The first-order valence-corrected chi connectivity index (χ1v) is 17.7. The number of aryl methyl sites for hydroxylation is 2. The quantitative estimate of drug-likeness (QED) is 0.185. The van der Waals surface area contributed by atoms with Crippen molar-refractivity contribution < 1.29 is 4.74 Å². The van der Waals surface area contributed by atoms with Crippen molar-refractivity contribution in [2.45, 2.75) is 89.4 Å². The van der Waals surface area contributed by atoms with Gasteiger partial charge in [0.25, 0.3) is 0 Å². The first-order chi connectivity index (χ1) is 20.7. The Hall–Kier alpha value is -3.15. The van der Waals surface area contributed by atoms with E-state index in [4.69, 9.17) is 4.74 Å². The molecule has 214 valence electrons. The van der Waals surface area contributed by atoms with E-state index < -0.39 is 0 Å². The topological polar surface area (TPSA) is 9.23 Å². The average Bonchev–Trinajstić information content (AvgIpc) is 3.02. The molecule has 0 unspecified atom stereocenters. The summed E-state index contributed by atoms with van der Waals surface area (Å²) in [7, 11) is -0.303. The summed E-state index contributed by atoms with van der Waals surface area (Å²) in [6, 6.07) is 34.0. The van der Waals surface area contributed by atoms with Gasteiger partial charge < -0.3 is 4.74 Å². The van der Waals surface area contributed by atoms with Gasteiger partial charge in [-0.2, -0.15) is 0 Å². The van der Waals surface area contributed by atoms with Crippen LogP contribution in [-0.2, 0) is 0 Å². The molecule has 5 aromatic rings. The molecule has 0 aromatic heterocycles. The molecule has 2 aliphatic rings. The van der Waals surface area contributed by atoms with Crippen LogP contribution < -0.4 is 10.0 Å². The second-order valence-corrected chi connectivity index (χ2v) is 15.5. The summed E-state index contributed by atoms with van der Waals surface area (Å²) < 4.78 is 6.92. The first-order valence-electron chi connectivity index (χ1n) is 16.2. The van der Waals surface area contributed by atoms with E-state index in [2.05, 4.69) is 105 Å². The molecular formula is C40H43OP. The van der Waals surface area contributed by atoms with Crippen molar-refractivity contribution in [2.24, 2.45) is 0 Å². The molecule has 0 N–H and O–H groups in total. The fraction of sp³-hybridized carbons (Fsp3) is 0.350. The lowest BCUT2D eigenvalue weighted by Gasteiger charge is -2.40. The van der Waals surface area contributed by atoms with Gasteiger partial charge in [-0.05, 0) is 107 Å². The molecule has 0 heterocycles. The van der Waals surface area contributed by atoms with Crippen LogP contribution in [0, 0.1) is 13.8 Å². The minimum absolute atomic E-state index is 0.303. The van der Waals surface area contributed by atoms with Crippen molar-refractivity contribution in [3.05, 3.63) is 102 Å². The fourth-order valence-electron chi connectivity index (χ4n) is 7.86. The maximum Gasteiger partial charge on any atom is 0.135 e. The molecule has 2 fully saturated rings. The summed E-state index contributed by atoms with van der Waals surface area (Å²) in [5, 5.41) is 6.89. The van der Waals surface area contributed by atoms with E-state index in [9.17, 15) is 0 Å². The monoisotopic (exact) mass is 570 g/mol. The van der Waals surface area contributed by atoms with Gasteiger partial charge in [0.15, 0.2) is 0 Å². The van der Waals surface area contributed by atoms with Gasteiger partial charge in [-0.3, -0.25) is 0 Å². The van der Waals surface area contributed by atoms with Crippen molar-refractivity contribution >= 4 is 34.8 Å². The molecule has 2 heteroatoms. The number of hydrogen-bond donors (Lipinski definition) is 0. The van der Waals surface area contributed by atoms with E-state index in [0.29, 0.717) is 0 Å². The second-order valence-electron chi connectivity index (χ2n) is 12.8. The Morgan fingerprint density at radius 3 is 1.67 bits per heavy atom. The second kappa shape index (κ2) is 12.2. The van der Waals surface area contributed by atoms with E-state index in [1.54, 1.807) is 5.30 Å². The van der Waals surface area contributed by atoms with E-state index in [1.165, 1.54) is 108 Å². The Morgan fingerprint density at radius 1 is 0.548 bits per heavy atom. The van der Waals surface area contributed by atoms with Gasteiger partial charge in [0.05, 0.1) is 0 Å². The SMILES string of the molecule is Cc1cc(C)cc(Oc2ccc3ccccc3c2-c2c(P(C3CCCCC3)C3CCCCC3)ccc3ccccc23)c1. The van der Waals surface area contributed by atoms with Crippen molar-refractivity contribution in [1.29, 1.82) is 0 Å². The number of fused-ring (bicyclic) bond motifs is 2. The van der Waals surface area contributed by atoms with E-state index in [0.717, 1.165) is 22.8 Å². The van der Waals surface area contributed by atoms with E-state index in [1.807, 2.05) is 0 Å². The van der Waals surface area contributed by atoms with Crippen LogP contribution in [0.25, 0.3) is 32.7 Å². The van der Waals surface area contributed by atoms with Crippen LogP contribution in [0.15, 0.2) is 91.0 Å². The standard InChI is InChI=1S/C40H43OP/c1-28-25-29(2)27-32(26-28)41-37-23-21-30-13-9-11-19-35(30)39(37)40-36-20-12-10-14-31(36)22-24-38(40)42(33-15-5-3-6-16-33)34-17-7-4-8-18-34/h9-14,19-27,33-34H,3-8,15-18H2,1-2H3. The molecule has 1 nitrogen and oxygen atoms in total. The number of rotatable bonds is 6. The summed E-state index contributed by atoms with van der Waals surface area (Å²) in [5.41, 5.74) is 6.84. The maximum absolute atomic E-state index is 6.92. The summed E-state index contributed by atoms with van der Waals surface area (Å²) in [4.78, 5) is 0. The molecule has 0 saturated heterocycles. The molecule has 0 aliphatic heterocycles. The summed E-state index contributed by atoms with van der Waals surface area (Å²) in [6.45, 7) is 4.32. The van der Waals surface area contributed by atoms with Gasteiger partial charge in [0, 0.05) is 11.1 Å².